The van der Waals surface area contributed by atoms with E-state index in [0.29, 0.717) is 6.54 Å². The maximum Gasteiger partial charge on any atom is 0.232 e. The maximum atomic E-state index is 13.4. The van der Waals surface area contributed by atoms with Gasteiger partial charge in [-0.1, -0.05) is 54.6 Å². The molecule has 0 aliphatic carbocycles. The van der Waals surface area contributed by atoms with E-state index in [-0.39, 0.29) is 5.91 Å². The highest BCUT2D eigenvalue weighted by molar-refractivity contribution is 5.89. The first-order valence-electron chi connectivity index (χ1n) is 10.4. The van der Waals surface area contributed by atoms with Crippen molar-refractivity contribution >= 4 is 5.91 Å². The average molecular weight is 409 g/mol. The second kappa shape index (κ2) is 7.76. The smallest absolute Gasteiger partial charge is 0.232 e. The minimum absolute atomic E-state index is 0.0468. The largest absolute Gasteiger partial charge is 0.457 e. The van der Waals surface area contributed by atoms with Gasteiger partial charge in [0.15, 0.2) is 0 Å². The Morgan fingerprint density at radius 1 is 0.903 bits per heavy atom. The molecular weight excluding hydrogens is 386 g/mol. The van der Waals surface area contributed by atoms with E-state index in [0.717, 1.165) is 45.3 Å². The van der Waals surface area contributed by atoms with Gasteiger partial charge in [-0.05, 0) is 38.1 Å². The van der Waals surface area contributed by atoms with E-state index in [2.05, 4.69) is 10.4 Å². The molecule has 5 heteroatoms. The first kappa shape index (κ1) is 19.1. The fourth-order valence-corrected chi connectivity index (χ4v) is 4.22. The van der Waals surface area contributed by atoms with Crippen molar-refractivity contribution in [2.75, 3.05) is 0 Å². The topological polar surface area (TPSA) is 56.2 Å². The van der Waals surface area contributed by atoms with Crippen LogP contribution in [0, 0.1) is 13.8 Å². The summed E-state index contributed by atoms with van der Waals surface area (Å²) >= 11 is 0. The number of amides is 1. The van der Waals surface area contributed by atoms with Crippen molar-refractivity contribution in [2.24, 2.45) is 0 Å². The van der Waals surface area contributed by atoms with Crippen LogP contribution in [0.15, 0.2) is 78.9 Å². The van der Waals surface area contributed by atoms with Crippen LogP contribution in [0.4, 0.5) is 0 Å². The van der Waals surface area contributed by atoms with E-state index in [9.17, 15) is 4.79 Å². The summed E-state index contributed by atoms with van der Waals surface area (Å²) in [6.45, 7) is 4.44. The zero-order chi connectivity index (χ0) is 21.4. The third-order valence-electron chi connectivity index (χ3n) is 5.82. The van der Waals surface area contributed by atoms with Gasteiger partial charge >= 0.3 is 0 Å². The molecule has 1 amide bonds. The number of hydrogen-bond donors (Lipinski definition) is 1. The molecular formula is C26H23N3O2. The Bertz CT molecular complexity index is 1220. The summed E-state index contributed by atoms with van der Waals surface area (Å²) in [5.41, 5.74) is 5.74. The van der Waals surface area contributed by atoms with Crippen molar-refractivity contribution in [3.63, 3.8) is 0 Å². The Morgan fingerprint density at radius 2 is 1.48 bits per heavy atom. The van der Waals surface area contributed by atoms with Crippen LogP contribution in [0.3, 0.4) is 0 Å². The minimum Gasteiger partial charge on any atom is -0.457 e. The molecule has 5 rings (SSSR count). The lowest BCUT2D eigenvalue weighted by Gasteiger charge is -2.27. The molecule has 0 bridgehead atoms. The highest BCUT2D eigenvalue weighted by Crippen LogP contribution is 2.43. The molecule has 0 saturated carbocycles. The molecule has 154 valence electrons. The molecule has 0 radical (unpaired) electrons. The monoisotopic (exact) mass is 409 g/mol. The van der Waals surface area contributed by atoms with Crippen molar-refractivity contribution < 1.29 is 9.53 Å². The summed E-state index contributed by atoms with van der Waals surface area (Å²) in [7, 11) is 0. The minimum atomic E-state index is -0.411. The zero-order valence-electron chi connectivity index (χ0n) is 17.5. The van der Waals surface area contributed by atoms with E-state index >= 15 is 0 Å². The molecule has 0 saturated heterocycles. The second-order valence-corrected chi connectivity index (χ2v) is 7.73. The first-order valence-corrected chi connectivity index (χ1v) is 10.4. The van der Waals surface area contributed by atoms with Crippen LogP contribution in [0.25, 0.3) is 5.69 Å². The molecule has 0 unspecified atom stereocenters. The number of ether oxygens (including phenoxy) is 1. The van der Waals surface area contributed by atoms with Crippen LogP contribution < -0.4 is 10.1 Å². The molecule has 0 spiro atoms. The lowest BCUT2D eigenvalue weighted by Crippen LogP contribution is -2.31. The van der Waals surface area contributed by atoms with Gasteiger partial charge in [-0.25, -0.2) is 4.68 Å². The number of para-hydroxylation sites is 3. The number of hydrogen-bond acceptors (Lipinski definition) is 3. The van der Waals surface area contributed by atoms with E-state index in [1.54, 1.807) is 0 Å². The Kier molecular flexibility index (Phi) is 4.79. The number of fused-ring (bicyclic) bond motifs is 2. The van der Waals surface area contributed by atoms with Crippen LogP contribution in [0.2, 0.25) is 0 Å². The summed E-state index contributed by atoms with van der Waals surface area (Å²) in [6, 6.07) is 25.5. The standard InChI is InChI=1S/C26H23N3O2/c1-17-22(18(2)29(28-17)19-10-4-3-5-11-19)16-27-26(30)25-20-12-6-8-14-23(20)31-24-15-9-7-13-21(24)25/h3-15,25H,16H2,1-2H3,(H,27,30). The molecule has 3 aromatic carbocycles. The van der Waals surface area contributed by atoms with Crippen LogP contribution in [-0.2, 0) is 11.3 Å². The summed E-state index contributed by atoms with van der Waals surface area (Å²) in [6.07, 6.45) is 0. The summed E-state index contributed by atoms with van der Waals surface area (Å²) in [5.74, 6) is 0.997. The van der Waals surface area contributed by atoms with Crippen LogP contribution in [-0.4, -0.2) is 15.7 Å². The number of aromatic nitrogens is 2. The number of nitrogens with one attached hydrogen (secondary N) is 1. The molecule has 31 heavy (non-hydrogen) atoms. The van der Waals surface area contributed by atoms with Crippen molar-refractivity contribution in [1.29, 1.82) is 0 Å². The van der Waals surface area contributed by atoms with Gasteiger partial charge in [0.05, 0.1) is 17.3 Å². The number of benzene rings is 3. The fraction of sp³-hybridized carbons (Fsp3) is 0.154. The van der Waals surface area contributed by atoms with E-state index in [1.165, 1.54) is 0 Å². The highest BCUT2D eigenvalue weighted by Gasteiger charge is 2.32. The number of carbonyl (C=O) groups excluding carboxylic acids is 1. The van der Waals surface area contributed by atoms with Gasteiger partial charge in [0.25, 0.3) is 0 Å². The van der Waals surface area contributed by atoms with Crippen molar-refractivity contribution in [3.8, 4) is 17.2 Å². The molecule has 1 aromatic heterocycles. The number of rotatable bonds is 4. The number of aryl methyl sites for hydroxylation is 1. The summed E-state index contributed by atoms with van der Waals surface area (Å²) < 4.78 is 7.94. The van der Waals surface area contributed by atoms with Crippen LogP contribution >= 0.6 is 0 Å². The lowest BCUT2D eigenvalue weighted by atomic mass is 9.87. The van der Waals surface area contributed by atoms with Crippen LogP contribution in [0.1, 0.15) is 34.0 Å². The van der Waals surface area contributed by atoms with E-state index < -0.39 is 5.92 Å². The zero-order valence-corrected chi connectivity index (χ0v) is 17.5. The fourth-order valence-electron chi connectivity index (χ4n) is 4.22. The predicted octanol–water partition coefficient (Wildman–Crippen LogP) is 5.04. The first-order chi connectivity index (χ1) is 15.1. The van der Waals surface area contributed by atoms with Gasteiger partial charge in [-0.15, -0.1) is 0 Å². The number of carbonyl (C=O) groups is 1. The third kappa shape index (κ3) is 3.38. The van der Waals surface area contributed by atoms with Gasteiger partial charge in [-0.2, -0.15) is 5.10 Å². The molecule has 2 heterocycles. The van der Waals surface area contributed by atoms with Crippen molar-refractivity contribution in [3.05, 3.63) is 107 Å². The molecule has 0 fully saturated rings. The van der Waals surface area contributed by atoms with E-state index in [4.69, 9.17) is 4.74 Å². The Hall–Kier alpha value is -3.86. The van der Waals surface area contributed by atoms with Gasteiger partial charge < -0.3 is 10.1 Å². The molecule has 1 aliphatic rings. The molecule has 1 N–H and O–H groups in total. The van der Waals surface area contributed by atoms with Gasteiger partial charge in [0.2, 0.25) is 5.91 Å². The van der Waals surface area contributed by atoms with Gasteiger partial charge in [0, 0.05) is 28.9 Å². The lowest BCUT2D eigenvalue weighted by molar-refractivity contribution is -0.122. The molecule has 4 aromatic rings. The normalized spacial score (nSPS) is 12.6. The number of nitrogens with zero attached hydrogens (tertiary/aromatic N) is 2. The quantitative estimate of drug-likeness (QED) is 0.514. The van der Waals surface area contributed by atoms with Gasteiger partial charge in [0.1, 0.15) is 11.5 Å². The predicted molar refractivity (Wildman–Crippen MR) is 120 cm³/mol. The van der Waals surface area contributed by atoms with Gasteiger partial charge in [-0.3, -0.25) is 4.79 Å². The average Bonchev–Trinajstić information content (AvgIpc) is 3.09. The SMILES string of the molecule is Cc1nn(-c2ccccc2)c(C)c1CNC(=O)C1c2ccccc2Oc2ccccc21. The third-order valence-corrected chi connectivity index (χ3v) is 5.82. The summed E-state index contributed by atoms with van der Waals surface area (Å²) in [4.78, 5) is 13.4. The van der Waals surface area contributed by atoms with E-state index in [1.807, 2.05) is 97.4 Å². The summed E-state index contributed by atoms with van der Waals surface area (Å²) in [5, 5.41) is 7.84. The highest BCUT2D eigenvalue weighted by atomic mass is 16.5. The Labute approximate surface area is 181 Å². The molecule has 1 aliphatic heterocycles. The van der Waals surface area contributed by atoms with Crippen molar-refractivity contribution in [1.82, 2.24) is 15.1 Å². The van der Waals surface area contributed by atoms with Crippen molar-refractivity contribution in [2.45, 2.75) is 26.3 Å². The second-order valence-electron chi connectivity index (χ2n) is 7.73. The Balaban J connectivity index is 1.43. The molecule has 5 nitrogen and oxygen atoms in total. The molecule has 0 atom stereocenters. The Morgan fingerprint density at radius 3 is 2.13 bits per heavy atom. The maximum absolute atomic E-state index is 13.4. The van der Waals surface area contributed by atoms with Crippen LogP contribution in [0.5, 0.6) is 11.5 Å².